The highest BCUT2D eigenvalue weighted by Crippen LogP contribution is 2.43. The number of fused-ring (bicyclic) bond motifs is 3. The Morgan fingerprint density at radius 3 is 2.10 bits per heavy atom. The number of pyridine rings is 1. The minimum atomic E-state index is -5.29. The Morgan fingerprint density at radius 1 is 0.774 bits per heavy atom. The van der Waals surface area contributed by atoms with Gasteiger partial charge < -0.3 is 0 Å². The van der Waals surface area contributed by atoms with Gasteiger partial charge in [0, 0.05) is 10.8 Å². The first-order chi connectivity index (χ1) is 14.4. The molecule has 0 aliphatic carbocycles. The van der Waals surface area contributed by atoms with Crippen molar-refractivity contribution in [2.24, 2.45) is 0 Å². The molecule has 3 aromatic carbocycles. The minimum absolute atomic E-state index is 0.0517. The van der Waals surface area contributed by atoms with Gasteiger partial charge in [-0.1, -0.05) is 35.9 Å². The standard InChI is InChI=1S/C22H14F5NO2S/c1-13-7-10-19-17(11-13)16-9-8-14(21(23,24)25)12-18(16)20(28-19)22(26,27)31(29,30)15-5-3-2-4-6-15/h2-12H,1H3. The first-order valence-electron chi connectivity index (χ1n) is 9.02. The molecule has 0 amide bonds. The molecule has 1 aromatic heterocycles. The van der Waals surface area contributed by atoms with Crippen LogP contribution in [-0.2, 0) is 21.3 Å². The van der Waals surface area contributed by atoms with Crippen LogP contribution >= 0.6 is 0 Å². The molecule has 9 heteroatoms. The van der Waals surface area contributed by atoms with Crippen LogP contribution in [0.1, 0.15) is 16.8 Å². The average molecular weight is 451 g/mol. The zero-order valence-corrected chi connectivity index (χ0v) is 16.7. The summed E-state index contributed by atoms with van der Waals surface area (Å²) < 4.78 is 96.3. The number of nitrogens with zero attached hydrogens (tertiary/aromatic N) is 1. The Balaban J connectivity index is 2.11. The molecule has 0 bridgehead atoms. The molecule has 0 aliphatic heterocycles. The van der Waals surface area contributed by atoms with Crippen molar-refractivity contribution in [3.05, 3.63) is 83.6 Å². The summed E-state index contributed by atoms with van der Waals surface area (Å²) in [5.74, 6) is 0. The van der Waals surface area contributed by atoms with Crippen LogP contribution in [0.3, 0.4) is 0 Å². The van der Waals surface area contributed by atoms with Gasteiger partial charge in [-0.05, 0) is 48.7 Å². The maximum atomic E-state index is 15.5. The van der Waals surface area contributed by atoms with Crippen LogP contribution in [0.2, 0.25) is 0 Å². The van der Waals surface area contributed by atoms with Gasteiger partial charge in [0.1, 0.15) is 5.69 Å². The SMILES string of the molecule is Cc1ccc2nc(C(F)(F)S(=O)(=O)c3ccccc3)c3cc(C(F)(F)F)ccc3c2c1. The number of sulfone groups is 1. The van der Waals surface area contributed by atoms with E-state index in [-0.39, 0.29) is 10.9 Å². The normalized spacial score (nSPS) is 13.1. The molecule has 4 rings (SSSR count). The Morgan fingerprint density at radius 2 is 1.45 bits per heavy atom. The van der Waals surface area contributed by atoms with Crippen LogP contribution in [0.15, 0.2) is 71.6 Å². The van der Waals surface area contributed by atoms with Crippen molar-refractivity contribution < 1.29 is 30.4 Å². The lowest BCUT2D eigenvalue weighted by molar-refractivity contribution is -0.137. The minimum Gasteiger partial charge on any atom is -0.245 e. The van der Waals surface area contributed by atoms with E-state index in [9.17, 15) is 21.6 Å². The molecule has 0 saturated carbocycles. The topological polar surface area (TPSA) is 47.0 Å². The fourth-order valence-corrected chi connectivity index (χ4v) is 4.61. The van der Waals surface area contributed by atoms with Crippen molar-refractivity contribution >= 4 is 31.5 Å². The highest BCUT2D eigenvalue weighted by atomic mass is 32.2. The van der Waals surface area contributed by atoms with Gasteiger partial charge in [0.15, 0.2) is 0 Å². The third-order valence-electron chi connectivity index (χ3n) is 4.94. The Bertz CT molecular complexity index is 1420. The second-order valence-corrected chi connectivity index (χ2v) is 9.06. The summed E-state index contributed by atoms with van der Waals surface area (Å²) in [6.07, 6.45) is -4.80. The van der Waals surface area contributed by atoms with E-state index < -0.39 is 42.8 Å². The number of aryl methyl sites for hydroxylation is 1. The quantitative estimate of drug-likeness (QED) is 0.274. The molecule has 0 radical (unpaired) electrons. The molecular weight excluding hydrogens is 437 g/mol. The van der Waals surface area contributed by atoms with E-state index in [4.69, 9.17) is 0 Å². The van der Waals surface area contributed by atoms with Crippen LogP contribution < -0.4 is 0 Å². The zero-order valence-electron chi connectivity index (χ0n) is 15.9. The summed E-state index contributed by atoms with van der Waals surface area (Å²) in [5, 5.41) is -4.74. The lowest BCUT2D eigenvalue weighted by atomic mass is 10.00. The summed E-state index contributed by atoms with van der Waals surface area (Å²) in [5.41, 5.74) is -1.63. The van der Waals surface area contributed by atoms with Crippen LogP contribution in [-0.4, -0.2) is 13.4 Å². The van der Waals surface area contributed by atoms with Gasteiger partial charge in [0.2, 0.25) is 9.84 Å². The number of aromatic nitrogens is 1. The maximum absolute atomic E-state index is 15.5. The van der Waals surface area contributed by atoms with Crippen LogP contribution in [0.25, 0.3) is 21.7 Å². The van der Waals surface area contributed by atoms with Crippen molar-refractivity contribution in [2.45, 2.75) is 23.3 Å². The number of alkyl halides is 5. The summed E-state index contributed by atoms with van der Waals surface area (Å²) in [4.78, 5) is 3.17. The fraction of sp³-hybridized carbons (Fsp3) is 0.136. The first-order valence-corrected chi connectivity index (χ1v) is 10.5. The second kappa shape index (κ2) is 6.98. The van der Waals surface area contributed by atoms with E-state index in [0.29, 0.717) is 11.5 Å². The van der Waals surface area contributed by atoms with Gasteiger partial charge in [-0.25, -0.2) is 13.4 Å². The molecule has 0 fully saturated rings. The zero-order chi connectivity index (χ0) is 22.6. The van der Waals surface area contributed by atoms with E-state index >= 15 is 8.78 Å². The average Bonchev–Trinajstić information content (AvgIpc) is 2.72. The molecule has 160 valence electrons. The number of hydrogen-bond acceptors (Lipinski definition) is 3. The predicted octanol–water partition coefficient (Wildman–Crippen LogP) is 6.24. The Labute approximate surface area is 174 Å². The molecule has 0 N–H and O–H groups in total. The van der Waals surface area contributed by atoms with Crippen molar-refractivity contribution in [3.8, 4) is 0 Å². The molecule has 1 heterocycles. The molecular formula is C22H14F5NO2S. The van der Waals surface area contributed by atoms with E-state index in [1.807, 2.05) is 0 Å². The first kappa shape index (κ1) is 21.2. The third kappa shape index (κ3) is 3.42. The van der Waals surface area contributed by atoms with Gasteiger partial charge in [-0.2, -0.15) is 22.0 Å². The molecule has 0 spiro atoms. The lowest BCUT2D eigenvalue weighted by Crippen LogP contribution is -2.28. The summed E-state index contributed by atoms with van der Waals surface area (Å²) in [6, 6.07) is 13.0. The van der Waals surface area contributed by atoms with Crippen LogP contribution in [0, 0.1) is 6.92 Å². The third-order valence-corrected chi connectivity index (χ3v) is 6.70. The lowest BCUT2D eigenvalue weighted by Gasteiger charge is -2.20. The maximum Gasteiger partial charge on any atom is 0.416 e. The van der Waals surface area contributed by atoms with Crippen LogP contribution in [0.4, 0.5) is 22.0 Å². The van der Waals surface area contributed by atoms with Crippen molar-refractivity contribution in [3.63, 3.8) is 0 Å². The van der Waals surface area contributed by atoms with Gasteiger partial charge >= 0.3 is 11.4 Å². The van der Waals surface area contributed by atoms with Gasteiger partial charge in [-0.3, -0.25) is 0 Å². The highest BCUT2D eigenvalue weighted by molar-refractivity contribution is 7.92. The number of halogens is 5. The molecule has 0 atom stereocenters. The predicted molar refractivity (Wildman–Crippen MR) is 107 cm³/mol. The smallest absolute Gasteiger partial charge is 0.245 e. The van der Waals surface area contributed by atoms with E-state index in [1.165, 1.54) is 24.3 Å². The van der Waals surface area contributed by atoms with Gasteiger partial charge in [0.25, 0.3) is 0 Å². The monoisotopic (exact) mass is 451 g/mol. The molecule has 0 aliphatic rings. The number of hydrogen-bond donors (Lipinski definition) is 0. The molecule has 0 unspecified atom stereocenters. The summed E-state index contributed by atoms with van der Waals surface area (Å²) in [7, 11) is -5.29. The number of benzene rings is 3. The molecule has 31 heavy (non-hydrogen) atoms. The summed E-state index contributed by atoms with van der Waals surface area (Å²) >= 11 is 0. The highest BCUT2D eigenvalue weighted by Gasteiger charge is 2.50. The van der Waals surface area contributed by atoms with Gasteiger partial charge in [-0.15, -0.1) is 0 Å². The van der Waals surface area contributed by atoms with Crippen molar-refractivity contribution in [2.75, 3.05) is 0 Å². The van der Waals surface area contributed by atoms with Crippen molar-refractivity contribution in [1.82, 2.24) is 4.98 Å². The Hall–Kier alpha value is -3.07. The summed E-state index contributed by atoms with van der Waals surface area (Å²) in [6.45, 7) is 1.73. The van der Waals surface area contributed by atoms with Gasteiger partial charge in [0.05, 0.1) is 16.0 Å². The van der Waals surface area contributed by atoms with E-state index in [1.54, 1.807) is 19.1 Å². The van der Waals surface area contributed by atoms with E-state index in [0.717, 1.165) is 29.8 Å². The van der Waals surface area contributed by atoms with E-state index in [2.05, 4.69) is 4.98 Å². The number of rotatable bonds is 3. The second-order valence-electron chi connectivity index (χ2n) is 7.07. The largest absolute Gasteiger partial charge is 0.416 e. The molecule has 3 nitrogen and oxygen atoms in total. The Kier molecular flexibility index (Phi) is 4.77. The van der Waals surface area contributed by atoms with Crippen LogP contribution in [0.5, 0.6) is 0 Å². The molecule has 4 aromatic rings. The molecule has 0 saturated heterocycles. The fourth-order valence-electron chi connectivity index (χ4n) is 3.39. The van der Waals surface area contributed by atoms with Crippen molar-refractivity contribution in [1.29, 1.82) is 0 Å².